The van der Waals surface area contributed by atoms with E-state index >= 15 is 0 Å². The minimum atomic E-state index is -0.148. The lowest BCUT2D eigenvalue weighted by molar-refractivity contribution is 0.338. The van der Waals surface area contributed by atoms with Gasteiger partial charge in [-0.2, -0.15) is 0 Å². The highest BCUT2D eigenvalue weighted by Crippen LogP contribution is 2.28. The number of rotatable bonds is 4. The number of para-hydroxylation sites is 2. The molecule has 3 aromatic rings. The van der Waals surface area contributed by atoms with Crippen molar-refractivity contribution < 1.29 is 4.74 Å². The summed E-state index contributed by atoms with van der Waals surface area (Å²) < 4.78 is 7.29. The van der Waals surface area contributed by atoms with Gasteiger partial charge in [-0.3, -0.25) is 9.36 Å². The molecular weight excluding hydrogens is 392 g/mol. The highest BCUT2D eigenvalue weighted by atomic mass is 79.9. The molecule has 3 rings (SSSR count). The van der Waals surface area contributed by atoms with E-state index in [2.05, 4.69) is 20.9 Å². The van der Waals surface area contributed by atoms with Gasteiger partial charge in [-0.25, -0.2) is 4.98 Å². The Hall–Kier alpha value is -1.85. The van der Waals surface area contributed by atoms with Crippen molar-refractivity contribution in [3.05, 3.63) is 63.7 Å². The Labute approximate surface area is 153 Å². The van der Waals surface area contributed by atoms with Crippen LogP contribution in [0, 0.1) is 0 Å². The number of fused-ring (bicyclic) bond motifs is 1. The number of ether oxygens (including phenoxy) is 1. The van der Waals surface area contributed by atoms with Gasteiger partial charge in [-0.15, -0.1) is 0 Å². The van der Waals surface area contributed by atoms with Gasteiger partial charge in [-0.1, -0.05) is 39.7 Å². The molecule has 0 aliphatic rings. The molecule has 0 amide bonds. The van der Waals surface area contributed by atoms with Gasteiger partial charge in [0.05, 0.1) is 28.0 Å². The first kappa shape index (κ1) is 17.0. The van der Waals surface area contributed by atoms with Gasteiger partial charge in [0.1, 0.15) is 11.6 Å². The average molecular weight is 408 g/mol. The molecule has 0 aliphatic heterocycles. The number of halogens is 2. The lowest BCUT2D eigenvalue weighted by Gasteiger charge is -2.18. The average Bonchev–Trinajstić information content (AvgIpc) is 2.55. The number of nitrogens with zero attached hydrogens (tertiary/aromatic N) is 2. The van der Waals surface area contributed by atoms with Crippen LogP contribution >= 0.6 is 27.5 Å². The molecule has 124 valence electrons. The van der Waals surface area contributed by atoms with E-state index in [1.165, 1.54) is 0 Å². The molecule has 0 N–H and O–H groups in total. The van der Waals surface area contributed by atoms with E-state index in [9.17, 15) is 4.79 Å². The summed E-state index contributed by atoms with van der Waals surface area (Å²) in [7, 11) is 0. The number of benzene rings is 2. The summed E-state index contributed by atoms with van der Waals surface area (Å²) in [6, 6.07) is 12.6. The normalized spacial score (nSPS) is 12.3. The molecule has 4 nitrogen and oxygen atoms in total. The Bertz CT molecular complexity index is 953. The van der Waals surface area contributed by atoms with Crippen molar-refractivity contribution in [1.29, 1.82) is 0 Å². The SMILES string of the molecule is CCOc1ccccc1-n1c(C(C)Br)nc2cc(Cl)ccc2c1=O. The van der Waals surface area contributed by atoms with Crippen molar-refractivity contribution >= 4 is 38.4 Å². The van der Waals surface area contributed by atoms with Crippen molar-refractivity contribution in [2.24, 2.45) is 0 Å². The maximum absolute atomic E-state index is 13.1. The van der Waals surface area contributed by atoms with E-state index in [0.717, 1.165) is 0 Å². The van der Waals surface area contributed by atoms with Crippen molar-refractivity contribution in [3.8, 4) is 11.4 Å². The van der Waals surface area contributed by atoms with Crippen molar-refractivity contribution in [2.45, 2.75) is 18.7 Å². The van der Waals surface area contributed by atoms with Gasteiger partial charge in [0.2, 0.25) is 0 Å². The number of hydrogen-bond acceptors (Lipinski definition) is 3. The van der Waals surface area contributed by atoms with Crippen LogP contribution in [0.1, 0.15) is 24.5 Å². The fraction of sp³-hybridized carbons (Fsp3) is 0.222. The number of hydrogen-bond donors (Lipinski definition) is 0. The van der Waals surface area contributed by atoms with Crippen molar-refractivity contribution in [1.82, 2.24) is 9.55 Å². The molecule has 6 heteroatoms. The van der Waals surface area contributed by atoms with E-state index < -0.39 is 0 Å². The van der Waals surface area contributed by atoms with Crippen LogP contribution in [0.2, 0.25) is 5.02 Å². The molecule has 0 radical (unpaired) electrons. The van der Waals surface area contributed by atoms with Crippen LogP contribution < -0.4 is 10.3 Å². The van der Waals surface area contributed by atoms with Crippen LogP contribution in [0.25, 0.3) is 16.6 Å². The molecule has 2 aromatic carbocycles. The Morgan fingerprint density at radius 3 is 2.75 bits per heavy atom. The highest BCUT2D eigenvalue weighted by Gasteiger charge is 2.18. The zero-order chi connectivity index (χ0) is 17.3. The zero-order valence-corrected chi connectivity index (χ0v) is 15.6. The van der Waals surface area contributed by atoms with Crippen LogP contribution in [0.15, 0.2) is 47.3 Å². The van der Waals surface area contributed by atoms with Crippen LogP contribution in [0.5, 0.6) is 5.75 Å². The van der Waals surface area contributed by atoms with E-state index in [1.807, 2.05) is 38.1 Å². The number of aromatic nitrogens is 2. The second kappa shape index (κ2) is 6.95. The molecule has 0 fully saturated rings. The summed E-state index contributed by atoms with van der Waals surface area (Å²) in [5.41, 5.74) is 1.11. The molecule has 24 heavy (non-hydrogen) atoms. The van der Waals surface area contributed by atoms with Gasteiger partial charge in [0.25, 0.3) is 5.56 Å². The summed E-state index contributed by atoms with van der Waals surface area (Å²) in [4.78, 5) is 17.7. The molecule has 1 heterocycles. The largest absolute Gasteiger partial charge is 0.492 e. The zero-order valence-electron chi connectivity index (χ0n) is 13.3. The van der Waals surface area contributed by atoms with Gasteiger partial charge < -0.3 is 4.74 Å². The van der Waals surface area contributed by atoms with Gasteiger partial charge in [-0.05, 0) is 44.2 Å². The van der Waals surface area contributed by atoms with E-state index in [1.54, 1.807) is 22.8 Å². The topological polar surface area (TPSA) is 44.1 Å². The summed E-state index contributed by atoms with van der Waals surface area (Å²) in [6.45, 7) is 4.35. The van der Waals surface area contributed by atoms with Crippen LogP contribution in [0.4, 0.5) is 0 Å². The third kappa shape index (κ3) is 3.06. The third-order valence-electron chi connectivity index (χ3n) is 3.62. The van der Waals surface area contributed by atoms with E-state index in [0.29, 0.717) is 39.8 Å². The maximum Gasteiger partial charge on any atom is 0.266 e. The second-order valence-electron chi connectivity index (χ2n) is 5.29. The van der Waals surface area contributed by atoms with Crippen molar-refractivity contribution in [2.75, 3.05) is 6.61 Å². The minimum absolute atomic E-state index is 0.122. The molecule has 1 unspecified atom stereocenters. The number of alkyl halides is 1. The van der Waals surface area contributed by atoms with E-state index in [4.69, 9.17) is 16.3 Å². The van der Waals surface area contributed by atoms with Crippen molar-refractivity contribution in [3.63, 3.8) is 0 Å². The summed E-state index contributed by atoms with van der Waals surface area (Å²) in [5.74, 6) is 1.24. The quantitative estimate of drug-likeness (QED) is 0.578. The maximum atomic E-state index is 13.1. The fourth-order valence-corrected chi connectivity index (χ4v) is 3.07. The summed E-state index contributed by atoms with van der Waals surface area (Å²) >= 11 is 9.58. The van der Waals surface area contributed by atoms with Crippen LogP contribution in [0.3, 0.4) is 0 Å². The monoisotopic (exact) mass is 406 g/mol. The summed E-state index contributed by atoms with van der Waals surface area (Å²) in [5, 5.41) is 1.07. The molecular formula is C18H16BrClN2O2. The van der Waals surface area contributed by atoms with E-state index in [-0.39, 0.29) is 10.4 Å². The van der Waals surface area contributed by atoms with Gasteiger partial charge in [0.15, 0.2) is 0 Å². The molecule has 1 atom stereocenters. The predicted octanol–water partition coefficient (Wildman–Crippen LogP) is 4.89. The molecule has 1 aromatic heterocycles. The molecule has 0 spiro atoms. The molecule has 0 bridgehead atoms. The van der Waals surface area contributed by atoms with Crippen LogP contribution in [-0.4, -0.2) is 16.2 Å². The first-order valence-electron chi connectivity index (χ1n) is 7.61. The highest BCUT2D eigenvalue weighted by molar-refractivity contribution is 9.09. The predicted molar refractivity (Wildman–Crippen MR) is 101 cm³/mol. The Morgan fingerprint density at radius 1 is 1.29 bits per heavy atom. The third-order valence-corrected chi connectivity index (χ3v) is 4.26. The molecule has 0 aliphatic carbocycles. The lowest BCUT2D eigenvalue weighted by Crippen LogP contribution is -2.24. The first-order valence-corrected chi connectivity index (χ1v) is 8.90. The Morgan fingerprint density at radius 2 is 2.04 bits per heavy atom. The van der Waals surface area contributed by atoms with Crippen LogP contribution in [-0.2, 0) is 0 Å². The summed E-state index contributed by atoms with van der Waals surface area (Å²) in [6.07, 6.45) is 0. The Balaban J connectivity index is 2.39. The molecule has 0 saturated carbocycles. The fourth-order valence-electron chi connectivity index (χ4n) is 2.60. The Kier molecular flexibility index (Phi) is 4.92. The standard InChI is InChI=1S/C18H16BrClN2O2/c1-3-24-16-7-5-4-6-15(16)22-17(11(2)19)21-14-10-12(20)8-9-13(14)18(22)23/h4-11H,3H2,1-2H3. The van der Waals surface area contributed by atoms with Gasteiger partial charge >= 0.3 is 0 Å². The molecule has 0 saturated heterocycles. The smallest absolute Gasteiger partial charge is 0.266 e. The first-order chi connectivity index (χ1) is 11.5. The lowest BCUT2D eigenvalue weighted by atomic mass is 10.2. The second-order valence-corrected chi connectivity index (χ2v) is 7.10. The minimum Gasteiger partial charge on any atom is -0.492 e. The van der Waals surface area contributed by atoms with Gasteiger partial charge in [0, 0.05) is 5.02 Å².